The van der Waals surface area contributed by atoms with Gasteiger partial charge in [-0.1, -0.05) is 42.0 Å². The zero-order chi connectivity index (χ0) is 18.5. The molecule has 0 N–H and O–H groups in total. The smallest absolute Gasteiger partial charge is 0.248 e. The predicted molar refractivity (Wildman–Crippen MR) is 108 cm³/mol. The molecule has 2 atom stereocenters. The molecular formula is C22H16ClN3O. The number of hydrogen-bond acceptors (Lipinski definition) is 3. The highest BCUT2D eigenvalue weighted by atomic mass is 35.5. The highest BCUT2D eigenvalue weighted by molar-refractivity contribution is 6.37. The van der Waals surface area contributed by atoms with Crippen molar-refractivity contribution >= 4 is 45.0 Å². The SMILES string of the molecule is Cc1ccc2nnc3ccc(N4C(=O)C(Cl)C4c4ccccc4)cc3c2c1. The Morgan fingerprint density at radius 1 is 0.889 bits per heavy atom. The standard InChI is InChI=1S/C22H16ClN3O/c1-13-7-9-18-16(11-13)17-12-15(8-10-19(17)25-24-18)26-21(20(23)22(26)27)14-5-3-2-4-6-14/h2-12,20-21H,1H3. The second kappa shape index (κ2) is 6.03. The Morgan fingerprint density at radius 2 is 1.56 bits per heavy atom. The number of fused-ring (bicyclic) bond motifs is 3. The Balaban J connectivity index is 1.67. The van der Waals surface area contributed by atoms with Crippen LogP contribution in [0.4, 0.5) is 5.69 Å². The first kappa shape index (κ1) is 16.2. The van der Waals surface area contributed by atoms with E-state index in [-0.39, 0.29) is 11.9 Å². The van der Waals surface area contributed by atoms with Crippen LogP contribution in [0.1, 0.15) is 17.2 Å². The summed E-state index contributed by atoms with van der Waals surface area (Å²) in [5.41, 5.74) is 4.67. The Morgan fingerprint density at radius 3 is 2.30 bits per heavy atom. The minimum atomic E-state index is -0.544. The summed E-state index contributed by atoms with van der Waals surface area (Å²) in [6.07, 6.45) is 0. The molecule has 2 unspecified atom stereocenters. The molecule has 5 rings (SSSR count). The van der Waals surface area contributed by atoms with Crippen LogP contribution in [0.15, 0.2) is 66.7 Å². The largest absolute Gasteiger partial charge is 0.301 e. The normalized spacial score (nSPS) is 19.5. The number of aromatic nitrogens is 2. The van der Waals surface area contributed by atoms with Crippen LogP contribution in [0.5, 0.6) is 0 Å². The number of aryl methyl sites for hydroxylation is 1. The Labute approximate surface area is 161 Å². The molecule has 132 valence electrons. The van der Waals surface area contributed by atoms with Crippen LogP contribution < -0.4 is 4.90 Å². The molecule has 0 aliphatic carbocycles. The molecule has 0 saturated carbocycles. The molecule has 1 aliphatic heterocycles. The third kappa shape index (κ3) is 2.48. The van der Waals surface area contributed by atoms with Crippen molar-refractivity contribution < 1.29 is 4.79 Å². The lowest BCUT2D eigenvalue weighted by atomic mass is 9.92. The summed E-state index contributed by atoms with van der Waals surface area (Å²) in [4.78, 5) is 14.3. The van der Waals surface area contributed by atoms with E-state index in [0.717, 1.165) is 38.6 Å². The maximum atomic E-state index is 12.6. The van der Waals surface area contributed by atoms with Gasteiger partial charge in [0.15, 0.2) is 0 Å². The van der Waals surface area contributed by atoms with Gasteiger partial charge < -0.3 is 4.90 Å². The summed E-state index contributed by atoms with van der Waals surface area (Å²) in [7, 11) is 0. The summed E-state index contributed by atoms with van der Waals surface area (Å²) in [6.45, 7) is 2.05. The maximum absolute atomic E-state index is 12.6. The van der Waals surface area contributed by atoms with E-state index in [2.05, 4.69) is 23.2 Å². The van der Waals surface area contributed by atoms with E-state index in [9.17, 15) is 4.79 Å². The van der Waals surface area contributed by atoms with Gasteiger partial charge in [-0.25, -0.2) is 0 Å². The summed E-state index contributed by atoms with van der Waals surface area (Å²) in [6, 6.07) is 21.7. The fourth-order valence-electron chi connectivity index (χ4n) is 3.75. The van der Waals surface area contributed by atoms with Gasteiger partial charge in [-0.2, -0.15) is 0 Å². The third-order valence-electron chi connectivity index (χ3n) is 5.14. The molecule has 0 spiro atoms. The van der Waals surface area contributed by atoms with Crippen molar-refractivity contribution in [3.63, 3.8) is 0 Å². The van der Waals surface area contributed by atoms with E-state index in [1.54, 1.807) is 4.90 Å². The Hall–Kier alpha value is -2.98. The molecule has 1 amide bonds. The van der Waals surface area contributed by atoms with E-state index in [1.165, 1.54) is 0 Å². The number of halogens is 1. The van der Waals surface area contributed by atoms with Crippen LogP contribution in [0.2, 0.25) is 0 Å². The van der Waals surface area contributed by atoms with Crippen LogP contribution in [0, 0.1) is 6.92 Å². The molecular weight excluding hydrogens is 358 g/mol. The summed E-state index contributed by atoms with van der Waals surface area (Å²) < 4.78 is 0. The average molecular weight is 374 g/mol. The number of carbonyl (C=O) groups excluding carboxylic acids is 1. The van der Waals surface area contributed by atoms with Crippen molar-refractivity contribution in [1.82, 2.24) is 10.2 Å². The van der Waals surface area contributed by atoms with Gasteiger partial charge in [0.05, 0.1) is 17.1 Å². The van der Waals surface area contributed by atoms with Crippen LogP contribution in [0.3, 0.4) is 0 Å². The van der Waals surface area contributed by atoms with Crippen molar-refractivity contribution in [2.45, 2.75) is 18.3 Å². The molecule has 1 aliphatic rings. The first-order chi connectivity index (χ1) is 13.1. The minimum absolute atomic E-state index is 0.0765. The number of anilines is 1. The molecule has 3 aromatic carbocycles. The minimum Gasteiger partial charge on any atom is -0.301 e. The topological polar surface area (TPSA) is 46.1 Å². The van der Waals surface area contributed by atoms with Gasteiger partial charge >= 0.3 is 0 Å². The van der Waals surface area contributed by atoms with Crippen LogP contribution in [0.25, 0.3) is 21.8 Å². The number of nitrogens with zero attached hydrogens (tertiary/aromatic N) is 3. The summed E-state index contributed by atoms with van der Waals surface area (Å²) in [5.74, 6) is -0.0765. The fourth-order valence-corrected chi connectivity index (χ4v) is 4.11. The number of amides is 1. The molecule has 4 nitrogen and oxygen atoms in total. The number of rotatable bonds is 2. The van der Waals surface area contributed by atoms with Gasteiger partial charge in [-0.05, 0) is 42.8 Å². The van der Waals surface area contributed by atoms with Gasteiger partial charge in [-0.3, -0.25) is 4.79 Å². The molecule has 1 saturated heterocycles. The van der Waals surface area contributed by atoms with Gasteiger partial charge in [-0.15, -0.1) is 21.8 Å². The quantitative estimate of drug-likeness (QED) is 0.288. The van der Waals surface area contributed by atoms with Crippen LogP contribution in [-0.2, 0) is 4.79 Å². The van der Waals surface area contributed by atoms with Gasteiger partial charge in [0, 0.05) is 16.5 Å². The number of hydrogen-bond donors (Lipinski definition) is 0. The average Bonchev–Trinajstić information content (AvgIpc) is 2.71. The van der Waals surface area contributed by atoms with E-state index < -0.39 is 5.38 Å². The fraction of sp³-hybridized carbons (Fsp3) is 0.136. The molecule has 2 heterocycles. The van der Waals surface area contributed by atoms with E-state index >= 15 is 0 Å². The number of β-lactam (4-membered cyclic amide) rings is 1. The molecule has 4 aromatic rings. The molecule has 5 heteroatoms. The zero-order valence-corrected chi connectivity index (χ0v) is 15.4. The van der Waals surface area contributed by atoms with Crippen LogP contribution in [-0.4, -0.2) is 21.5 Å². The highest BCUT2D eigenvalue weighted by Gasteiger charge is 2.47. The summed E-state index contributed by atoms with van der Waals surface area (Å²) >= 11 is 6.37. The van der Waals surface area contributed by atoms with Gasteiger partial charge in [0.1, 0.15) is 5.38 Å². The van der Waals surface area contributed by atoms with Crippen molar-refractivity contribution in [3.05, 3.63) is 77.9 Å². The lowest BCUT2D eigenvalue weighted by Gasteiger charge is -2.44. The Bertz CT molecular complexity index is 1190. The zero-order valence-electron chi connectivity index (χ0n) is 14.6. The van der Waals surface area contributed by atoms with Gasteiger partial charge in [0.2, 0.25) is 5.91 Å². The van der Waals surface area contributed by atoms with Crippen molar-refractivity contribution in [2.75, 3.05) is 4.90 Å². The van der Waals surface area contributed by atoms with E-state index in [1.807, 2.05) is 60.7 Å². The number of carbonyl (C=O) groups is 1. The number of benzene rings is 3. The highest BCUT2D eigenvalue weighted by Crippen LogP contribution is 2.43. The lowest BCUT2D eigenvalue weighted by molar-refractivity contribution is -0.123. The molecule has 1 aromatic heterocycles. The van der Waals surface area contributed by atoms with Crippen molar-refractivity contribution in [1.29, 1.82) is 0 Å². The first-order valence-corrected chi connectivity index (χ1v) is 9.26. The molecule has 0 radical (unpaired) electrons. The maximum Gasteiger partial charge on any atom is 0.248 e. The number of alkyl halides is 1. The van der Waals surface area contributed by atoms with Gasteiger partial charge in [0.25, 0.3) is 0 Å². The van der Waals surface area contributed by atoms with Crippen LogP contribution >= 0.6 is 11.6 Å². The van der Waals surface area contributed by atoms with E-state index in [4.69, 9.17) is 11.6 Å². The summed E-state index contributed by atoms with van der Waals surface area (Å²) in [5, 5.41) is 10.1. The predicted octanol–water partition coefficient (Wildman–Crippen LogP) is 4.79. The third-order valence-corrected chi connectivity index (χ3v) is 5.56. The van der Waals surface area contributed by atoms with Crippen molar-refractivity contribution in [3.8, 4) is 0 Å². The Kier molecular flexibility index (Phi) is 3.62. The molecule has 27 heavy (non-hydrogen) atoms. The first-order valence-electron chi connectivity index (χ1n) is 8.82. The molecule has 0 bridgehead atoms. The molecule has 1 fully saturated rings. The van der Waals surface area contributed by atoms with Crippen molar-refractivity contribution in [2.24, 2.45) is 0 Å². The second-order valence-corrected chi connectivity index (χ2v) is 7.36. The van der Waals surface area contributed by atoms with E-state index in [0.29, 0.717) is 0 Å². The monoisotopic (exact) mass is 373 g/mol. The second-order valence-electron chi connectivity index (χ2n) is 6.89. The lowest BCUT2D eigenvalue weighted by Crippen LogP contribution is -2.56.